The highest BCUT2D eigenvalue weighted by atomic mass is 16.5. The number of Topliss-reactive ketones (excluding diaryl/α,β-unsaturated/α-hetero) is 2. The first-order valence-corrected chi connectivity index (χ1v) is 13.4. The van der Waals surface area contributed by atoms with E-state index in [0.717, 1.165) is 44.3 Å². The van der Waals surface area contributed by atoms with Gasteiger partial charge in [-0.25, -0.2) is 0 Å². The lowest BCUT2D eigenvalue weighted by atomic mass is 9.73. The molecule has 1 aromatic carbocycles. The second-order valence-corrected chi connectivity index (χ2v) is 10.3. The Morgan fingerprint density at radius 3 is 2.22 bits per heavy atom. The van der Waals surface area contributed by atoms with Gasteiger partial charge in [0.2, 0.25) is 0 Å². The summed E-state index contributed by atoms with van der Waals surface area (Å²) in [4.78, 5) is 25.6. The van der Waals surface area contributed by atoms with Crippen molar-refractivity contribution in [3.8, 4) is 5.75 Å². The monoisotopic (exact) mass is 440 g/mol. The van der Waals surface area contributed by atoms with E-state index in [4.69, 9.17) is 4.74 Å². The van der Waals surface area contributed by atoms with Gasteiger partial charge in [-0.2, -0.15) is 0 Å². The van der Waals surface area contributed by atoms with Crippen LogP contribution in [0.4, 0.5) is 0 Å². The van der Waals surface area contributed by atoms with E-state index in [-0.39, 0.29) is 17.5 Å². The Kier molecular flexibility index (Phi) is 10.3. The molecule has 3 heteroatoms. The highest BCUT2D eigenvalue weighted by Crippen LogP contribution is 2.39. The Hall–Kier alpha value is -1.64. The van der Waals surface area contributed by atoms with Crippen LogP contribution in [-0.2, 0) is 9.59 Å². The van der Waals surface area contributed by atoms with Crippen LogP contribution < -0.4 is 4.74 Å². The molecule has 0 spiro atoms. The Labute approximate surface area is 195 Å². The summed E-state index contributed by atoms with van der Waals surface area (Å²) in [5.41, 5.74) is 1.39. The number of benzene rings is 1. The minimum Gasteiger partial charge on any atom is -0.494 e. The van der Waals surface area contributed by atoms with Crippen LogP contribution in [0.2, 0.25) is 0 Å². The van der Waals surface area contributed by atoms with Crippen molar-refractivity contribution in [2.24, 2.45) is 17.8 Å². The molecule has 1 aromatic rings. The van der Waals surface area contributed by atoms with E-state index in [1.54, 1.807) is 0 Å². The van der Waals surface area contributed by atoms with Crippen LogP contribution in [0.15, 0.2) is 24.3 Å². The molecule has 0 bridgehead atoms. The molecule has 3 rings (SSSR count). The molecule has 0 amide bonds. The maximum Gasteiger partial charge on any atom is 0.143 e. The number of hydrogen-bond donors (Lipinski definition) is 0. The number of carbonyl (C=O) groups is 2. The largest absolute Gasteiger partial charge is 0.494 e. The molecular weight excluding hydrogens is 396 g/mol. The highest BCUT2D eigenvalue weighted by molar-refractivity contribution is 6.02. The summed E-state index contributed by atoms with van der Waals surface area (Å²) < 4.78 is 5.55. The van der Waals surface area contributed by atoms with E-state index in [1.807, 2.05) is 6.92 Å². The van der Waals surface area contributed by atoms with Gasteiger partial charge in [0.15, 0.2) is 0 Å². The quantitative estimate of drug-likeness (QED) is 0.247. The van der Waals surface area contributed by atoms with Crippen molar-refractivity contribution in [1.29, 1.82) is 0 Å². The fraction of sp³-hybridized carbons (Fsp3) is 0.724. The van der Waals surface area contributed by atoms with Gasteiger partial charge >= 0.3 is 0 Å². The van der Waals surface area contributed by atoms with Crippen LogP contribution in [0.3, 0.4) is 0 Å². The first-order valence-electron chi connectivity index (χ1n) is 13.4. The molecule has 3 nitrogen and oxygen atoms in total. The van der Waals surface area contributed by atoms with E-state index in [2.05, 4.69) is 31.2 Å². The van der Waals surface area contributed by atoms with E-state index in [9.17, 15) is 9.59 Å². The molecule has 2 aliphatic rings. The maximum absolute atomic E-state index is 12.9. The van der Waals surface area contributed by atoms with E-state index >= 15 is 0 Å². The van der Waals surface area contributed by atoms with Crippen LogP contribution in [0, 0.1) is 17.8 Å². The van der Waals surface area contributed by atoms with Gasteiger partial charge in [0.05, 0.1) is 12.5 Å². The molecule has 2 unspecified atom stereocenters. The molecule has 0 aromatic heterocycles. The fourth-order valence-electron chi connectivity index (χ4n) is 5.85. The van der Waals surface area contributed by atoms with E-state index < -0.39 is 0 Å². The molecule has 32 heavy (non-hydrogen) atoms. The summed E-state index contributed by atoms with van der Waals surface area (Å²) in [5.74, 6) is 2.69. The van der Waals surface area contributed by atoms with Gasteiger partial charge in [-0.05, 0) is 80.9 Å². The summed E-state index contributed by atoms with van der Waals surface area (Å²) in [6.07, 6.45) is 15.3. The summed E-state index contributed by atoms with van der Waals surface area (Å²) in [7, 11) is 0. The molecule has 0 N–H and O–H groups in total. The Bertz CT molecular complexity index is 700. The number of ketones is 2. The number of unbranched alkanes of at least 4 members (excludes halogenated alkanes) is 4. The number of carbonyl (C=O) groups excluding carboxylic acids is 2. The fourth-order valence-corrected chi connectivity index (χ4v) is 5.85. The first kappa shape index (κ1) is 25.0. The highest BCUT2D eigenvalue weighted by Gasteiger charge is 2.34. The number of rotatable bonds is 12. The zero-order valence-electron chi connectivity index (χ0n) is 20.5. The van der Waals surface area contributed by atoms with Crippen LogP contribution in [-0.4, -0.2) is 18.2 Å². The molecule has 0 heterocycles. The second-order valence-electron chi connectivity index (χ2n) is 10.3. The minimum absolute atomic E-state index is 0.237. The molecule has 2 atom stereocenters. The second kappa shape index (κ2) is 13.2. The molecule has 2 saturated carbocycles. The molecule has 2 aliphatic carbocycles. The smallest absolute Gasteiger partial charge is 0.143 e. The Morgan fingerprint density at radius 1 is 0.875 bits per heavy atom. The molecule has 0 radical (unpaired) electrons. The Morgan fingerprint density at radius 2 is 1.56 bits per heavy atom. The van der Waals surface area contributed by atoms with Crippen molar-refractivity contribution in [2.45, 2.75) is 110 Å². The van der Waals surface area contributed by atoms with E-state index in [1.165, 1.54) is 44.1 Å². The standard InChI is InChI=1S/C29H44O3/c1-3-5-6-7-8-9-22-12-19-27(28(30)20-22)29(31)21-23-10-13-24(14-11-23)25-15-17-26(18-16-25)32-4-2/h15-18,22-24,27H,3-14,19-21H2,1-2H3. The first-order chi connectivity index (χ1) is 15.6. The molecule has 2 fully saturated rings. The molecule has 0 aliphatic heterocycles. The third-order valence-electron chi connectivity index (χ3n) is 7.85. The number of hydrogen-bond acceptors (Lipinski definition) is 3. The summed E-state index contributed by atoms with van der Waals surface area (Å²) in [6, 6.07) is 8.54. The van der Waals surface area contributed by atoms with Crippen molar-refractivity contribution in [2.75, 3.05) is 6.61 Å². The Balaban J connectivity index is 1.37. The van der Waals surface area contributed by atoms with Crippen LogP contribution >= 0.6 is 0 Å². The normalized spacial score (nSPS) is 26.1. The molecule has 0 saturated heterocycles. The van der Waals surface area contributed by atoms with E-state index in [0.29, 0.717) is 37.2 Å². The third-order valence-corrected chi connectivity index (χ3v) is 7.85. The zero-order chi connectivity index (χ0) is 22.8. The van der Waals surface area contributed by atoms with Crippen LogP contribution in [0.5, 0.6) is 5.75 Å². The van der Waals surface area contributed by atoms with Crippen molar-refractivity contribution in [3.05, 3.63) is 29.8 Å². The summed E-state index contributed by atoms with van der Waals surface area (Å²) in [6.45, 7) is 4.94. The molecular formula is C29H44O3. The van der Waals surface area contributed by atoms with Crippen molar-refractivity contribution in [1.82, 2.24) is 0 Å². The number of ether oxygens (including phenoxy) is 1. The van der Waals surface area contributed by atoms with Crippen molar-refractivity contribution in [3.63, 3.8) is 0 Å². The van der Waals surface area contributed by atoms with Gasteiger partial charge in [-0.15, -0.1) is 0 Å². The summed E-state index contributed by atoms with van der Waals surface area (Å²) >= 11 is 0. The van der Waals surface area contributed by atoms with Gasteiger partial charge in [-0.1, -0.05) is 57.6 Å². The van der Waals surface area contributed by atoms with Gasteiger partial charge in [-0.3, -0.25) is 9.59 Å². The van der Waals surface area contributed by atoms with Gasteiger partial charge in [0, 0.05) is 12.8 Å². The third kappa shape index (κ3) is 7.46. The average molecular weight is 441 g/mol. The topological polar surface area (TPSA) is 43.4 Å². The lowest BCUT2D eigenvalue weighted by Gasteiger charge is -2.31. The van der Waals surface area contributed by atoms with Crippen molar-refractivity contribution >= 4 is 11.6 Å². The zero-order valence-corrected chi connectivity index (χ0v) is 20.5. The lowest BCUT2D eigenvalue weighted by molar-refractivity contribution is -0.136. The predicted molar refractivity (Wildman–Crippen MR) is 131 cm³/mol. The lowest BCUT2D eigenvalue weighted by Crippen LogP contribution is -2.32. The van der Waals surface area contributed by atoms with Crippen LogP contribution in [0.1, 0.15) is 115 Å². The average Bonchev–Trinajstić information content (AvgIpc) is 2.80. The van der Waals surface area contributed by atoms with Gasteiger partial charge < -0.3 is 4.74 Å². The minimum atomic E-state index is -0.296. The predicted octanol–water partition coefficient (Wildman–Crippen LogP) is 7.66. The molecule has 178 valence electrons. The SMILES string of the molecule is CCCCCCCC1CCC(C(=O)CC2CCC(c3ccc(OCC)cc3)CC2)C(=O)C1. The van der Waals surface area contributed by atoms with Gasteiger partial charge in [0.25, 0.3) is 0 Å². The van der Waals surface area contributed by atoms with Crippen LogP contribution in [0.25, 0.3) is 0 Å². The summed E-state index contributed by atoms with van der Waals surface area (Å²) in [5, 5.41) is 0. The maximum atomic E-state index is 12.9. The van der Waals surface area contributed by atoms with Crippen molar-refractivity contribution < 1.29 is 14.3 Å². The van der Waals surface area contributed by atoms with Gasteiger partial charge in [0.1, 0.15) is 17.3 Å².